The van der Waals surface area contributed by atoms with Gasteiger partial charge in [0.05, 0.1) is 0 Å². The summed E-state index contributed by atoms with van der Waals surface area (Å²) in [6, 6.07) is -0.298. The Morgan fingerprint density at radius 2 is 2.26 bits per heavy atom. The molecule has 1 saturated carbocycles. The van der Waals surface area contributed by atoms with Gasteiger partial charge in [-0.05, 0) is 12.8 Å². The number of carboxylic acids is 1. The predicted molar refractivity (Wildman–Crippen MR) is 63.5 cm³/mol. The van der Waals surface area contributed by atoms with Crippen molar-refractivity contribution in [1.29, 1.82) is 0 Å². The Bertz CT molecular complexity index is 469. The third-order valence-corrected chi connectivity index (χ3v) is 2.75. The standard InChI is InChI=1S/C11H16N4O4/c1-7-13-9(14-19-7)4-5-12-11(18)15(6-10(16)17)8-2-3-8/h8H,2-6H2,1H3,(H,12,18)(H,16,17). The molecule has 0 unspecified atom stereocenters. The van der Waals surface area contributed by atoms with Crippen LogP contribution in [-0.2, 0) is 11.2 Å². The first-order chi connectivity index (χ1) is 9.06. The molecule has 104 valence electrons. The molecule has 0 atom stereocenters. The average molecular weight is 268 g/mol. The van der Waals surface area contributed by atoms with E-state index in [1.165, 1.54) is 4.90 Å². The van der Waals surface area contributed by atoms with Crippen molar-refractivity contribution in [2.45, 2.75) is 32.2 Å². The van der Waals surface area contributed by atoms with Crippen LogP contribution < -0.4 is 5.32 Å². The number of nitrogens with zero attached hydrogens (tertiary/aromatic N) is 3. The summed E-state index contributed by atoms with van der Waals surface area (Å²) in [6.07, 6.45) is 2.18. The Labute approximate surface area is 109 Å². The Balaban J connectivity index is 1.77. The molecule has 1 aromatic rings. The fourth-order valence-corrected chi connectivity index (χ4v) is 1.72. The maximum absolute atomic E-state index is 11.8. The summed E-state index contributed by atoms with van der Waals surface area (Å²) in [5.41, 5.74) is 0. The molecule has 8 heteroatoms. The number of hydrogen-bond donors (Lipinski definition) is 2. The van der Waals surface area contributed by atoms with Crippen LogP contribution in [0.15, 0.2) is 4.52 Å². The molecule has 1 aliphatic rings. The number of nitrogens with one attached hydrogen (secondary N) is 1. The van der Waals surface area contributed by atoms with Crippen LogP contribution >= 0.6 is 0 Å². The first-order valence-corrected chi connectivity index (χ1v) is 6.11. The minimum atomic E-state index is -1.00. The van der Waals surface area contributed by atoms with Gasteiger partial charge in [0, 0.05) is 25.9 Å². The number of aromatic nitrogens is 2. The van der Waals surface area contributed by atoms with Crippen molar-refractivity contribution in [3.8, 4) is 0 Å². The van der Waals surface area contributed by atoms with Gasteiger partial charge in [0.25, 0.3) is 0 Å². The van der Waals surface area contributed by atoms with E-state index in [-0.39, 0.29) is 18.6 Å². The van der Waals surface area contributed by atoms with Gasteiger partial charge >= 0.3 is 12.0 Å². The van der Waals surface area contributed by atoms with Gasteiger partial charge in [0.15, 0.2) is 5.82 Å². The first-order valence-electron chi connectivity index (χ1n) is 6.11. The highest BCUT2D eigenvalue weighted by Gasteiger charge is 2.33. The van der Waals surface area contributed by atoms with Gasteiger partial charge in [0.1, 0.15) is 6.54 Å². The lowest BCUT2D eigenvalue weighted by Gasteiger charge is -2.20. The lowest BCUT2D eigenvalue weighted by atomic mass is 10.4. The summed E-state index contributed by atoms with van der Waals surface area (Å²) in [7, 11) is 0. The number of urea groups is 1. The van der Waals surface area contributed by atoms with Crippen LogP contribution in [0.4, 0.5) is 4.79 Å². The Hall–Kier alpha value is -2.12. The second-order valence-electron chi connectivity index (χ2n) is 4.46. The number of rotatable bonds is 6. The third-order valence-electron chi connectivity index (χ3n) is 2.75. The Kier molecular flexibility index (Phi) is 3.98. The molecule has 1 heterocycles. The van der Waals surface area contributed by atoms with Gasteiger partial charge < -0.3 is 19.8 Å². The lowest BCUT2D eigenvalue weighted by Crippen LogP contribution is -2.44. The topological polar surface area (TPSA) is 109 Å². The largest absolute Gasteiger partial charge is 0.480 e. The first kappa shape index (κ1) is 13.3. The molecule has 0 aromatic carbocycles. The second kappa shape index (κ2) is 5.68. The SMILES string of the molecule is Cc1nc(CCNC(=O)N(CC(=O)O)C2CC2)no1. The highest BCUT2D eigenvalue weighted by molar-refractivity contribution is 5.80. The molecular formula is C11H16N4O4. The number of carbonyl (C=O) groups is 2. The fourth-order valence-electron chi connectivity index (χ4n) is 1.72. The van der Waals surface area contributed by atoms with Gasteiger partial charge in [-0.3, -0.25) is 4.79 Å². The molecule has 0 aliphatic heterocycles. The van der Waals surface area contributed by atoms with E-state index in [1.54, 1.807) is 6.92 Å². The van der Waals surface area contributed by atoms with E-state index >= 15 is 0 Å². The molecule has 0 bridgehead atoms. The number of hydrogen-bond acceptors (Lipinski definition) is 5. The second-order valence-corrected chi connectivity index (χ2v) is 4.46. The van der Waals surface area contributed by atoms with Crippen LogP contribution in [0.5, 0.6) is 0 Å². The minimum Gasteiger partial charge on any atom is -0.480 e. The van der Waals surface area contributed by atoms with Crippen LogP contribution in [0, 0.1) is 6.92 Å². The Morgan fingerprint density at radius 3 is 2.79 bits per heavy atom. The average Bonchev–Trinajstić information content (AvgIpc) is 3.10. The summed E-state index contributed by atoms with van der Waals surface area (Å²) >= 11 is 0. The van der Waals surface area contributed by atoms with E-state index in [0.29, 0.717) is 24.7 Å². The number of aliphatic carboxylic acids is 1. The third kappa shape index (κ3) is 3.94. The maximum Gasteiger partial charge on any atom is 0.323 e. The summed E-state index contributed by atoms with van der Waals surface area (Å²) in [5, 5.41) is 15.1. The van der Waals surface area contributed by atoms with Gasteiger partial charge in [0.2, 0.25) is 5.89 Å². The molecule has 2 rings (SSSR count). The van der Waals surface area contributed by atoms with Crippen LogP contribution in [0.3, 0.4) is 0 Å². The molecule has 0 spiro atoms. The quantitative estimate of drug-likeness (QED) is 0.761. The van der Waals surface area contributed by atoms with Crippen molar-refractivity contribution >= 4 is 12.0 Å². The van der Waals surface area contributed by atoms with E-state index in [0.717, 1.165) is 12.8 Å². The highest BCUT2D eigenvalue weighted by Crippen LogP contribution is 2.26. The molecule has 1 fully saturated rings. The lowest BCUT2D eigenvalue weighted by molar-refractivity contribution is -0.137. The van der Waals surface area contributed by atoms with E-state index in [4.69, 9.17) is 9.63 Å². The number of carboxylic acid groups (broad SMARTS) is 1. The minimum absolute atomic E-state index is 0.0588. The van der Waals surface area contributed by atoms with Crippen LogP contribution in [0.2, 0.25) is 0 Å². The Morgan fingerprint density at radius 1 is 1.53 bits per heavy atom. The summed E-state index contributed by atoms with van der Waals surface area (Å²) in [5.74, 6) is -0.00309. The van der Waals surface area contributed by atoms with E-state index in [2.05, 4.69) is 15.5 Å². The summed E-state index contributed by atoms with van der Waals surface area (Å²) in [6.45, 7) is 1.77. The number of aryl methyl sites for hydroxylation is 1. The van der Waals surface area contributed by atoms with E-state index < -0.39 is 5.97 Å². The van der Waals surface area contributed by atoms with Crippen molar-refractivity contribution in [1.82, 2.24) is 20.4 Å². The molecule has 0 saturated heterocycles. The monoisotopic (exact) mass is 268 g/mol. The molecule has 0 radical (unpaired) electrons. The van der Waals surface area contributed by atoms with Crippen molar-refractivity contribution in [2.75, 3.05) is 13.1 Å². The molecule has 1 aromatic heterocycles. The smallest absolute Gasteiger partial charge is 0.323 e. The van der Waals surface area contributed by atoms with Crippen LogP contribution in [0.1, 0.15) is 24.6 Å². The van der Waals surface area contributed by atoms with Gasteiger partial charge in [-0.1, -0.05) is 5.16 Å². The summed E-state index contributed by atoms with van der Waals surface area (Å²) in [4.78, 5) is 27.9. The molecule has 1 aliphatic carbocycles. The zero-order valence-corrected chi connectivity index (χ0v) is 10.6. The van der Waals surface area contributed by atoms with Crippen molar-refractivity contribution in [2.24, 2.45) is 0 Å². The van der Waals surface area contributed by atoms with Gasteiger partial charge in [-0.15, -0.1) is 0 Å². The molecule has 2 N–H and O–H groups in total. The zero-order valence-electron chi connectivity index (χ0n) is 10.6. The molecule has 19 heavy (non-hydrogen) atoms. The molecular weight excluding hydrogens is 252 g/mol. The predicted octanol–water partition coefficient (Wildman–Crippen LogP) is 0.179. The summed E-state index contributed by atoms with van der Waals surface area (Å²) < 4.78 is 4.81. The van der Waals surface area contributed by atoms with E-state index in [1.807, 2.05) is 0 Å². The van der Waals surface area contributed by atoms with Crippen molar-refractivity contribution in [3.63, 3.8) is 0 Å². The van der Waals surface area contributed by atoms with Crippen LogP contribution in [-0.4, -0.2) is 51.3 Å². The van der Waals surface area contributed by atoms with Crippen molar-refractivity contribution in [3.05, 3.63) is 11.7 Å². The number of amides is 2. The van der Waals surface area contributed by atoms with Crippen molar-refractivity contribution < 1.29 is 19.2 Å². The zero-order chi connectivity index (χ0) is 13.8. The molecule has 8 nitrogen and oxygen atoms in total. The number of carbonyl (C=O) groups excluding carboxylic acids is 1. The van der Waals surface area contributed by atoms with Gasteiger partial charge in [-0.25, -0.2) is 4.79 Å². The molecule has 2 amide bonds. The maximum atomic E-state index is 11.8. The highest BCUT2D eigenvalue weighted by atomic mass is 16.5. The van der Waals surface area contributed by atoms with Gasteiger partial charge in [-0.2, -0.15) is 4.98 Å². The fraction of sp³-hybridized carbons (Fsp3) is 0.636. The van der Waals surface area contributed by atoms with Crippen LogP contribution in [0.25, 0.3) is 0 Å². The normalized spacial score (nSPS) is 14.2. The van der Waals surface area contributed by atoms with E-state index in [9.17, 15) is 9.59 Å².